The van der Waals surface area contributed by atoms with Crippen molar-refractivity contribution in [3.63, 3.8) is 0 Å². The smallest absolute Gasteiger partial charge is 0.308 e. The minimum atomic E-state index is -0.498. The first-order valence-electron chi connectivity index (χ1n) is 9.11. The fourth-order valence-corrected chi connectivity index (χ4v) is 2.97. The number of amides is 1. The number of ether oxygens (including phenoxy) is 3. The molecule has 0 unspecified atom stereocenters. The number of aromatic nitrogens is 2. The number of para-hydroxylation sites is 2. The molecule has 0 aliphatic heterocycles. The summed E-state index contributed by atoms with van der Waals surface area (Å²) in [5, 5.41) is 4.00. The van der Waals surface area contributed by atoms with Crippen LogP contribution in [0.5, 0.6) is 17.2 Å². The second-order valence-electron chi connectivity index (χ2n) is 6.38. The molecule has 3 aromatic rings. The summed E-state index contributed by atoms with van der Waals surface area (Å²) >= 11 is 0. The minimum absolute atomic E-state index is 0.0850. The zero-order valence-corrected chi connectivity index (χ0v) is 17.1. The molecule has 1 N–H and O–H groups in total. The van der Waals surface area contributed by atoms with Crippen molar-refractivity contribution in [2.45, 2.75) is 20.4 Å². The third kappa shape index (κ3) is 4.57. The van der Waals surface area contributed by atoms with Crippen molar-refractivity contribution in [2.75, 3.05) is 14.2 Å². The topological polar surface area (TPSA) is 104 Å². The maximum atomic E-state index is 12.3. The molecule has 0 fully saturated rings. The lowest BCUT2D eigenvalue weighted by Crippen LogP contribution is -2.23. The molecule has 0 radical (unpaired) electrons. The number of nitrogens with one attached hydrogen (secondary N) is 1. The molecular weight excluding hydrogens is 388 g/mol. The van der Waals surface area contributed by atoms with Crippen molar-refractivity contribution < 1.29 is 23.8 Å². The number of aryl methyl sites for hydroxylation is 1. The van der Waals surface area contributed by atoms with Crippen LogP contribution in [0.3, 0.4) is 0 Å². The lowest BCUT2D eigenvalue weighted by molar-refractivity contribution is -0.132. The number of imidazole rings is 1. The van der Waals surface area contributed by atoms with Crippen molar-refractivity contribution >= 4 is 29.1 Å². The van der Waals surface area contributed by atoms with Gasteiger partial charge in [0.05, 0.1) is 31.5 Å². The van der Waals surface area contributed by atoms with E-state index in [1.807, 2.05) is 35.8 Å². The number of esters is 1. The first-order valence-corrected chi connectivity index (χ1v) is 9.11. The number of hydrogen-bond donors (Lipinski definition) is 1. The van der Waals surface area contributed by atoms with Crippen LogP contribution in [0.15, 0.2) is 41.5 Å². The largest absolute Gasteiger partial charge is 0.493 e. The highest BCUT2D eigenvalue weighted by Crippen LogP contribution is 2.38. The first-order chi connectivity index (χ1) is 14.4. The van der Waals surface area contributed by atoms with Gasteiger partial charge in [-0.25, -0.2) is 10.4 Å². The van der Waals surface area contributed by atoms with E-state index < -0.39 is 5.97 Å². The monoisotopic (exact) mass is 410 g/mol. The molecule has 30 heavy (non-hydrogen) atoms. The van der Waals surface area contributed by atoms with Crippen LogP contribution in [-0.2, 0) is 16.1 Å². The van der Waals surface area contributed by atoms with E-state index in [1.54, 1.807) is 12.1 Å². The van der Waals surface area contributed by atoms with Gasteiger partial charge in [0.2, 0.25) is 5.75 Å². The first kappa shape index (κ1) is 20.8. The highest BCUT2D eigenvalue weighted by molar-refractivity contribution is 5.85. The van der Waals surface area contributed by atoms with Crippen LogP contribution in [-0.4, -0.2) is 41.9 Å². The molecular formula is C21H22N4O5. The van der Waals surface area contributed by atoms with Gasteiger partial charge >= 0.3 is 5.97 Å². The molecule has 3 rings (SSSR count). The fraction of sp³-hybridized carbons (Fsp3) is 0.238. The number of benzene rings is 2. The van der Waals surface area contributed by atoms with Gasteiger partial charge in [0.15, 0.2) is 11.5 Å². The van der Waals surface area contributed by atoms with Crippen LogP contribution in [0.2, 0.25) is 0 Å². The standard InChI is InChI=1S/C21H22N4O5/c1-13-23-16-7-5-6-8-17(16)25(13)12-20(27)24-22-11-15-9-18(28-3)21(30-14(2)26)19(10-15)29-4/h5-11H,12H2,1-4H3,(H,24,27). The SMILES string of the molecule is COc1cc(C=NNC(=O)Cn2c(C)nc3ccccc32)cc(OC)c1OC(C)=O. The number of nitrogens with zero attached hydrogens (tertiary/aromatic N) is 3. The summed E-state index contributed by atoms with van der Waals surface area (Å²) in [4.78, 5) is 28.1. The zero-order valence-electron chi connectivity index (χ0n) is 17.1. The predicted octanol–water partition coefficient (Wildman–Crippen LogP) is 2.44. The summed E-state index contributed by atoms with van der Waals surface area (Å²) in [5.41, 5.74) is 4.80. The van der Waals surface area contributed by atoms with E-state index in [-0.39, 0.29) is 18.2 Å². The van der Waals surface area contributed by atoms with Crippen molar-refractivity contribution in [1.29, 1.82) is 0 Å². The molecule has 1 aromatic heterocycles. The van der Waals surface area contributed by atoms with E-state index in [0.717, 1.165) is 16.9 Å². The number of rotatable bonds is 7. The van der Waals surface area contributed by atoms with Gasteiger partial charge in [-0.3, -0.25) is 9.59 Å². The second-order valence-corrected chi connectivity index (χ2v) is 6.38. The Morgan fingerprint density at radius 3 is 2.47 bits per heavy atom. The van der Waals surface area contributed by atoms with Crippen LogP contribution >= 0.6 is 0 Å². The molecule has 9 nitrogen and oxygen atoms in total. The second kappa shape index (κ2) is 9.08. The lowest BCUT2D eigenvalue weighted by Gasteiger charge is -2.13. The Morgan fingerprint density at radius 1 is 1.17 bits per heavy atom. The predicted molar refractivity (Wildman–Crippen MR) is 111 cm³/mol. The van der Waals surface area contributed by atoms with Gasteiger partial charge in [0.1, 0.15) is 12.4 Å². The van der Waals surface area contributed by atoms with E-state index >= 15 is 0 Å². The summed E-state index contributed by atoms with van der Waals surface area (Å²) in [6, 6.07) is 10.8. The van der Waals surface area contributed by atoms with Gasteiger partial charge in [-0.05, 0) is 31.2 Å². The van der Waals surface area contributed by atoms with Gasteiger partial charge < -0.3 is 18.8 Å². The van der Waals surface area contributed by atoms with Gasteiger partial charge in [-0.2, -0.15) is 5.10 Å². The number of fused-ring (bicyclic) bond motifs is 1. The number of carbonyl (C=O) groups excluding carboxylic acids is 2. The Hall–Kier alpha value is -3.88. The molecule has 0 atom stereocenters. The molecule has 156 valence electrons. The summed E-state index contributed by atoms with van der Waals surface area (Å²) in [5.74, 6) is 0.730. The van der Waals surface area contributed by atoms with Crippen molar-refractivity contribution in [3.05, 3.63) is 47.8 Å². The Morgan fingerprint density at radius 2 is 1.83 bits per heavy atom. The normalized spacial score (nSPS) is 10.9. The average molecular weight is 410 g/mol. The third-order valence-corrected chi connectivity index (χ3v) is 4.28. The molecule has 0 aliphatic carbocycles. The molecule has 0 saturated carbocycles. The summed E-state index contributed by atoms with van der Waals surface area (Å²) in [6.07, 6.45) is 1.44. The van der Waals surface area contributed by atoms with Crippen molar-refractivity contribution in [3.8, 4) is 17.2 Å². The quantitative estimate of drug-likeness (QED) is 0.278. The summed E-state index contributed by atoms with van der Waals surface area (Å²) < 4.78 is 17.5. The Bertz CT molecular complexity index is 1090. The van der Waals surface area contributed by atoms with E-state index in [4.69, 9.17) is 14.2 Å². The fourth-order valence-electron chi connectivity index (χ4n) is 2.97. The van der Waals surface area contributed by atoms with E-state index in [1.165, 1.54) is 27.4 Å². The van der Waals surface area contributed by atoms with Crippen molar-refractivity contribution in [1.82, 2.24) is 15.0 Å². The van der Waals surface area contributed by atoms with Crippen LogP contribution in [0.4, 0.5) is 0 Å². The van der Waals surface area contributed by atoms with Crippen LogP contribution in [0, 0.1) is 6.92 Å². The van der Waals surface area contributed by atoms with Crippen LogP contribution in [0.25, 0.3) is 11.0 Å². The molecule has 0 bridgehead atoms. The van der Waals surface area contributed by atoms with Gasteiger partial charge in [-0.1, -0.05) is 12.1 Å². The zero-order chi connectivity index (χ0) is 21.7. The maximum Gasteiger partial charge on any atom is 0.308 e. The van der Waals surface area contributed by atoms with Crippen LogP contribution < -0.4 is 19.6 Å². The number of carbonyl (C=O) groups is 2. The van der Waals surface area contributed by atoms with Crippen molar-refractivity contribution in [2.24, 2.45) is 5.10 Å². The van der Waals surface area contributed by atoms with Gasteiger partial charge in [-0.15, -0.1) is 0 Å². The highest BCUT2D eigenvalue weighted by Gasteiger charge is 2.16. The Labute approximate surface area is 173 Å². The molecule has 0 saturated heterocycles. The van der Waals surface area contributed by atoms with Gasteiger partial charge in [0.25, 0.3) is 5.91 Å². The molecule has 0 aliphatic rings. The number of methoxy groups -OCH3 is 2. The van der Waals surface area contributed by atoms with E-state index in [0.29, 0.717) is 17.1 Å². The number of hydrogen-bond acceptors (Lipinski definition) is 7. The molecule has 9 heteroatoms. The average Bonchev–Trinajstić information content (AvgIpc) is 3.03. The Balaban J connectivity index is 1.73. The van der Waals surface area contributed by atoms with Crippen LogP contribution in [0.1, 0.15) is 18.3 Å². The number of hydrazone groups is 1. The third-order valence-electron chi connectivity index (χ3n) is 4.28. The van der Waals surface area contributed by atoms with Gasteiger partial charge in [0, 0.05) is 12.5 Å². The lowest BCUT2D eigenvalue weighted by atomic mass is 10.2. The molecule has 2 aromatic carbocycles. The molecule has 1 amide bonds. The van der Waals surface area contributed by atoms with E-state index in [9.17, 15) is 9.59 Å². The maximum absolute atomic E-state index is 12.3. The Kier molecular flexibility index (Phi) is 6.31. The highest BCUT2D eigenvalue weighted by atomic mass is 16.6. The summed E-state index contributed by atoms with van der Waals surface area (Å²) in [7, 11) is 2.89. The molecule has 1 heterocycles. The summed E-state index contributed by atoms with van der Waals surface area (Å²) in [6.45, 7) is 3.22. The molecule has 0 spiro atoms. The minimum Gasteiger partial charge on any atom is -0.493 e. The van der Waals surface area contributed by atoms with E-state index in [2.05, 4.69) is 15.5 Å².